The number of para-hydroxylation sites is 5. The van der Waals surface area contributed by atoms with E-state index in [2.05, 4.69) is 193 Å². The predicted molar refractivity (Wildman–Crippen MR) is 183 cm³/mol. The predicted octanol–water partition coefficient (Wildman–Crippen LogP) is 10.3. The summed E-state index contributed by atoms with van der Waals surface area (Å²) >= 11 is 0. The van der Waals surface area contributed by atoms with E-state index in [-0.39, 0.29) is 5.92 Å². The molecule has 1 heterocycles. The van der Waals surface area contributed by atoms with E-state index in [1.54, 1.807) is 0 Å². The number of hydrogen-bond donors (Lipinski definition) is 0. The minimum absolute atomic E-state index is 0.170. The summed E-state index contributed by atoms with van der Waals surface area (Å²) in [5.41, 5.74) is 8.53. The molecule has 0 saturated heterocycles. The second-order valence-corrected chi connectivity index (χ2v) is 12.3. The number of benzene rings is 5. The van der Waals surface area contributed by atoms with Crippen molar-refractivity contribution in [3.8, 4) is 0 Å². The molecule has 0 spiro atoms. The van der Waals surface area contributed by atoms with Crippen LogP contribution in [0.3, 0.4) is 0 Å². The quantitative estimate of drug-likeness (QED) is 0.137. The summed E-state index contributed by atoms with van der Waals surface area (Å²) in [6.07, 6.45) is 6.86. The summed E-state index contributed by atoms with van der Waals surface area (Å²) < 4.78 is 5.09. The van der Waals surface area contributed by atoms with Crippen molar-refractivity contribution in [2.75, 3.05) is 21.3 Å². The molecule has 4 heteroatoms. The molecule has 2 unspecified atom stereocenters. The maximum Gasteiger partial charge on any atom is 0.138 e. The third-order valence-corrected chi connectivity index (χ3v) is 10.1. The maximum atomic E-state index is 2.56. The zero-order valence-electron chi connectivity index (χ0n) is 24.4. The maximum absolute atomic E-state index is 2.56. The van der Waals surface area contributed by atoms with Crippen LogP contribution >= 0.6 is 8.22 Å². The summed E-state index contributed by atoms with van der Waals surface area (Å²) in [6, 6.07) is 49.9. The van der Waals surface area contributed by atoms with Gasteiger partial charge in [0.25, 0.3) is 0 Å². The molecule has 1 aliphatic rings. The molecule has 5 aromatic rings. The highest BCUT2D eigenvalue weighted by Gasteiger charge is 2.39. The summed E-state index contributed by atoms with van der Waals surface area (Å²) in [5, 5.41) is 1.31. The molecular formula is C38H36N3P. The van der Waals surface area contributed by atoms with E-state index in [4.69, 9.17) is 0 Å². The Bertz CT molecular complexity index is 1680. The molecule has 0 aromatic heterocycles. The molecule has 0 amide bonds. The molecule has 42 heavy (non-hydrogen) atoms. The van der Waals surface area contributed by atoms with Gasteiger partial charge in [0.15, 0.2) is 0 Å². The lowest BCUT2D eigenvalue weighted by molar-refractivity contribution is 0.945. The molecule has 0 bridgehead atoms. The van der Waals surface area contributed by atoms with E-state index >= 15 is 0 Å². The first-order valence-electron chi connectivity index (χ1n) is 14.5. The molecule has 6 rings (SSSR count). The molecule has 0 radical (unpaired) electrons. The van der Waals surface area contributed by atoms with E-state index in [1.807, 2.05) is 0 Å². The van der Waals surface area contributed by atoms with Crippen LogP contribution in [-0.2, 0) is 0 Å². The van der Waals surface area contributed by atoms with Crippen molar-refractivity contribution in [2.24, 2.45) is 0 Å². The number of allylic oxidation sites excluding steroid dienone is 3. The van der Waals surface area contributed by atoms with Crippen LogP contribution in [-0.4, -0.2) is 7.05 Å². The second kappa shape index (κ2) is 12.5. The average molecular weight is 566 g/mol. The molecular weight excluding hydrogens is 529 g/mol. The summed E-state index contributed by atoms with van der Waals surface area (Å²) in [4.78, 5) is 2.29. The SMILES string of the molecule is C/C=C\C(=C/C(C)c1ccccc1N(C)c1ccccc1)N1c2ccccc2N(c2ccccc2)P1c1ccccc1. The van der Waals surface area contributed by atoms with Crippen LogP contribution in [0.25, 0.3) is 0 Å². The Hall–Kier alpha value is -4.59. The van der Waals surface area contributed by atoms with Crippen LogP contribution in [0.2, 0.25) is 0 Å². The highest BCUT2D eigenvalue weighted by atomic mass is 31.1. The summed E-state index contributed by atoms with van der Waals surface area (Å²) in [7, 11) is 1.21. The fraction of sp³-hybridized carbons (Fsp3) is 0.105. The van der Waals surface area contributed by atoms with Gasteiger partial charge in [-0.1, -0.05) is 116 Å². The van der Waals surface area contributed by atoms with Crippen molar-refractivity contribution < 1.29 is 0 Å². The van der Waals surface area contributed by atoms with Gasteiger partial charge in [-0.15, -0.1) is 0 Å². The van der Waals surface area contributed by atoms with Crippen molar-refractivity contribution in [2.45, 2.75) is 19.8 Å². The van der Waals surface area contributed by atoms with E-state index < -0.39 is 8.22 Å². The minimum Gasteiger partial charge on any atom is -0.344 e. The minimum atomic E-state index is -0.940. The van der Waals surface area contributed by atoms with Gasteiger partial charge in [-0.3, -0.25) is 9.34 Å². The lowest BCUT2D eigenvalue weighted by atomic mass is 9.97. The van der Waals surface area contributed by atoms with Gasteiger partial charge in [0, 0.05) is 41.0 Å². The van der Waals surface area contributed by atoms with Crippen LogP contribution < -0.4 is 19.5 Å². The lowest BCUT2D eigenvalue weighted by Crippen LogP contribution is -2.24. The van der Waals surface area contributed by atoms with E-state index in [0.717, 1.165) is 0 Å². The topological polar surface area (TPSA) is 9.72 Å². The Balaban J connectivity index is 1.49. The highest BCUT2D eigenvalue weighted by molar-refractivity contribution is 7.70. The first-order valence-corrected chi connectivity index (χ1v) is 15.7. The van der Waals surface area contributed by atoms with Crippen LogP contribution in [0.1, 0.15) is 25.3 Å². The van der Waals surface area contributed by atoms with E-state index in [1.165, 1.54) is 45.0 Å². The van der Waals surface area contributed by atoms with Crippen molar-refractivity contribution in [3.63, 3.8) is 0 Å². The molecule has 0 saturated carbocycles. The zero-order chi connectivity index (χ0) is 28.9. The zero-order valence-corrected chi connectivity index (χ0v) is 25.3. The normalized spacial score (nSPS) is 15.6. The third kappa shape index (κ3) is 5.36. The summed E-state index contributed by atoms with van der Waals surface area (Å²) in [5.74, 6) is 0.170. The number of rotatable bonds is 8. The Morgan fingerprint density at radius 2 is 1.26 bits per heavy atom. The molecule has 2 atom stereocenters. The van der Waals surface area contributed by atoms with Crippen LogP contribution in [0.4, 0.5) is 28.4 Å². The molecule has 3 nitrogen and oxygen atoms in total. The van der Waals surface area contributed by atoms with Gasteiger partial charge in [-0.25, -0.2) is 0 Å². The fourth-order valence-corrected chi connectivity index (χ4v) is 8.19. The molecule has 0 fully saturated rings. The van der Waals surface area contributed by atoms with Crippen molar-refractivity contribution in [1.82, 2.24) is 0 Å². The highest BCUT2D eigenvalue weighted by Crippen LogP contribution is 2.63. The summed E-state index contributed by atoms with van der Waals surface area (Å²) in [6.45, 7) is 4.42. The number of anilines is 5. The van der Waals surface area contributed by atoms with E-state index in [9.17, 15) is 0 Å². The van der Waals surface area contributed by atoms with Gasteiger partial charge in [-0.2, -0.15) is 0 Å². The Morgan fingerprint density at radius 3 is 1.95 bits per heavy atom. The van der Waals surface area contributed by atoms with Gasteiger partial charge < -0.3 is 4.90 Å². The molecule has 5 aromatic carbocycles. The first kappa shape index (κ1) is 27.6. The smallest absolute Gasteiger partial charge is 0.138 e. The van der Waals surface area contributed by atoms with Crippen LogP contribution in [0.15, 0.2) is 163 Å². The first-order chi connectivity index (χ1) is 20.7. The van der Waals surface area contributed by atoms with Crippen LogP contribution in [0, 0.1) is 0 Å². The molecule has 1 aliphatic heterocycles. The number of nitrogens with zero attached hydrogens (tertiary/aromatic N) is 3. The van der Waals surface area contributed by atoms with Crippen LogP contribution in [0.5, 0.6) is 0 Å². The second-order valence-electron chi connectivity index (χ2n) is 10.4. The standard InChI is InChI=1S/C38H36N3P/c1-4-18-33(29-30(2)35-25-14-15-26-36(35)39(3)31-19-8-5-9-20-31)41-38-28-17-16-27-37(38)40(32-21-10-6-11-22-32)42(41)34-23-12-7-13-24-34/h4-30H,1-3H3/b18-4-,33-29+. The van der Waals surface area contributed by atoms with Gasteiger partial charge in [-0.05, 0) is 61.0 Å². The monoisotopic (exact) mass is 565 g/mol. The molecule has 208 valence electrons. The van der Waals surface area contributed by atoms with Gasteiger partial charge in [0.1, 0.15) is 8.22 Å². The lowest BCUT2D eigenvalue weighted by Gasteiger charge is -2.34. The number of fused-ring (bicyclic) bond motifs is 1. The average Bonchev–Trinajstić information content (AvgIpc) is 3.40. The Labute approximate surface area is 251 Å². The molecule has 0 aliphatic carbocycles. The molecule has 0 N–H and O–H groups in total. The fourth-order valence-electron chi connectivity index (χ4n) is 5.66. The Morgan fingerprint density at radius 1 is 0.690 bits per heavy atom. The van der Waals surface area contributed by atoms with Crippen molar-refractivity contribution in [3.05, 3.63) is 169 Å². The largest absolute Gasteiger partial charge is 0.344 e. The third-order valence-electron chi connectivity index (χ3n) is 7.64. The van der Waals surface area contributed by atoms with Crippen molar-refractivity contribution >= 4 is 42.0 Å². The van der Waals surface area contributed by atoms with Crippen molar-refractivity contribution in [1.29, 1.82) is 0 Å². The van der Waals surface area contributed by atoms with E-state index in [0.29, 0.717) is 0 Å². The van der Waals surface area contributed by atoms with Gasteiger partial charge in [0.2, 0.25) is 0 Å². The number of hydrogen-bond acceptors (Lipinski definition) is 3. The van der Waals surface area contributed by atoms with Gasteiger partial charge >= 0.3 is 0 Å². The van der Waals surface area contributed by atoms with Gasteiger partial charge in [0.05, 0.1) is 11.4 Å². The Kier molecular flexibility index (Phi) is 8.21.